The third-order valence-corrected chi connectivity index (χ3v) is 3.66. The van der Waals surface area contributed by atoms with Crippen LogP contribution in [0.15, 0.2) is 18.3 Å². The summed E-state index contributed by atoms with van der Waals surface area (Å²) in [6.07, 6.45) is 7.80. The number of hydrogen-bond donors (Lipinski definition) is 0. The van der Waals surface area contributed by atoms with E-state index in [0.717, 1.165) is 36.1 Å². The number of allylic oxidation sites excluding steroid dienone is 2. The molecular formula is C18H25NO4. The fraction of sp³-hybridized carbons (Fsp3) is 0.556. The maximum Gasteiger partial charge on any atom is 0.418 e. The molecule has 0 radical (unpaired) electrons. The summed E-state index contributed by atoms with van der Waals surface area (Å²) in [5, 5.41) is 0. The molecule has 0 unspecified atom stereocenters. The van der Waals surface area contributed by atoms with Crippen molar-refractivity contribution in [2.24, 2.45) is 0 Å². The molecule has 0 aromatic carbocycles. The molecule has 5 heteroatoms. The summed E-state index contributed by atoms with van der Waals surface area (Å²) < 4.78 is 11.7. The standard InChI is InChI=1S/C18H25NO4/c1-18(2,3)23-17(21)19-12-13(11-16(20)22-4)10-15(19)14-8-6-5-7-9-14/h8,10,12H,5-7,9,11H2,1-4H3. The predicted octanol–water partition coefficient (Wildman–Crippen LogP) is 3.94. The highest BCUT2D eigenvalue weighted by Gasteiger charge is 2.23. The van der Waals surface area contributed by atoms with Crippen LogP contribution in [0.5, 0.6) is 0 Å². The van der Waals surface area contributed by atoms with Gasteiger partial charge in [0, 0.05) is 6.20 Å². The summed E-state index contributed by atoms with van der Waals surface area (Å²) in [6, 6.07) is 1.89. The molecule has 0 aliphatic heterocycles. The Morgan fingerprint density at radius 3 is 2.57 bits per heavy atom. The molecule has 1 aliphatic carbocycles. The fourth-order valence-electron chi connectivity index (χ4n) is 2.63. The molecule has 2 rings (SSSR count). The number of hydrogen-bond acceptors (Lipinski definition) is 4. The van der Waals surface area contributed by atoms with Crippen LogP contribution < -0.4 is 0 Å². The van der Waals surface area contributed by atoms with Gasteiger partial charge in [0.1, 0.15) is 5.60 Å². The van der Waals surface area contributed by atoms with Crippen molar-refractivity contribution in [3.05, 3.63) is 29.6 Å². The van der Waals surface area contributed by atoms with Gasteiger partial charge in [-0.3, -0.25) is 9.36 Å². The van der Waals surface area contributed by atoms with Crippen molar-refractivity contribution in [1.82, 2.24) is 4.57 Å². The van der Waals surface area contributed by atoms with Crippen LogP contribution >= 0.6 is 0 Å². The van der Waals surface area contributed by atoms with Gasteiger partial charge in [-0.25, -0.2) is 4.79 Å². The van der Waals surface area contributed by atoms with Gasteiger partial charge in [-0.05, 0) is 63.7 Å². The highest BCUT2D eigenvalue weighted by Crippen LogP contribution is 2.29. The van der Waals surface area contributed by atoms with E-state index >= 15 is 0 Å². The van der Waals surface area contributed by atoms with Gasteiger partial charge in [0.25, 0.3) is 0 Å². The number of carbonyl (C=O) groups excluding carboxylic acids is 2. The van der Waals surface area contributed by atoms with Gasteiger partial charge in [0.15, 0.2) is 0 Å². The number of rotatable bonds is 3. The molecule has 0 amide bonds. The lowest BCUT2D eigenvalue weighted by Crippen LogP contribution is -2.27. The van der Waals surface area contributed by atoms with Gasteiger partial charge in [0.05, 0.1) is 19.2 Å². The summed E-state index contributed by atoms with van der Waals surface area (Å²) in [5.41, 5.74) is 2.14. The van der Waals surface area contributed by atoms with Crippen LogP contribution in [-0.4, -0.2) is 29.3 Å². The predicted molar refractivity (Wildman–Crippen MR) is 88.2 cm³/mol. The molecule has 0 fully saturated rings. The number of ether oxygens (including phenoxy) is 2. The maximum absolute atomic E-state index is 12.5. The van der Waals surface area contributed by atoms with E-state index in [1.54, 1.807) is 6.20 Å². The second kappa shape index (κ2) is 7.02. The largest absolute Gasteiger partial charge is 0.469 e. The molecule has 0 saturated carbocycles. The van der Waals surface area contributed by atoms with Gasteiger partial charge in [-0.2, -0.15) is 0 Å². The average molecular weight is 319 g/mol. The molecule has 5 nitrogen and oxygen atoms in total. The van der Waals surface area contributed by atoms with E-state index in [0.29, 0.717) is 0 Å². The fourth-order valence-corrected chi connectivity index (χ4v) is 2.63. The third kappa shape index (κ3) is 4.71. The second-order valence-electron chi connectivity index (χ2n) is 6.81. The van der Waals surface area contributed by atoms with Gasteiger partial charge < -0.3 is 9.47 Å². The van der Waals surface area contributed by atoms with Crippen LogP contribution in [0.3, 0.4) is 0 Å². The summed E-state index contributed by atoms with van der Waals surface area (Å²) >= 11 is 0. The van der Waals surface area contributed by atoms with Crippen LogP contribution in [0.1, 0.15) is 57.7 Å². The van der Waals surface area contributed by atoms with E-state index in [4.69, 9.17) is 9.47 Å². The Kier molecular flexibility index (Phi) is 5.29. The molecule has 0 bridgehead atoms. The summed E-state index contributed by atoms with van der Waals surface area (Å²) in [6.45, 7) is 5.51. The lowest BCUT2D eigenvalue weighted by Gasteiger charge is -2.21. The Bertz CT molecular complexity index is 619. The normalized spacial score (nSPS) is 15.0. The zero-order valence-electron chi connectivity index (χ0n) is 14.3. The average Bonchev–Trinajstić information content (AvgIpc) is 2.90. The molecule has 1 aromatic heterocycles. The Labute approximate surface area is 137 Å². The van der Waals surface area contributed by atoms with Crippen LogP contribution in [0, 0.1) is 0 Å². The van der Waals surface area contributed by atoms with Crippen LogP contribution in [0.4, 0.5) is 4.79 Å². The van der Waals surface area contributed by atoms with Crippen LogP contribution in [0.2, 0.25) is 0 Å². The van der Waals surface area contributed by atoms with Gasteiger partial charge in [0.2, 0.25) is 0 Å². The van der Waals surface area contributed by atoms with E-state index in [9.17, 15) is 9.59 Å². The smallest absolute Gasteiger partial charge is 0.418 e. The molecule has 126 valence electrons. The molecule has 23 heavy (non-hydrogen) atoms. The lowest BCUT2D eigenvalue weighted by atomic mass is 9.97. The van der Waals surface area contributed by atoms with Crippen molar-refractivity contribution in [3.63, 3.8) is 0 Å². The van der Waals surface area contributed by atoms with E-state index in [-0.39, 0.29) is 12.4 Å². The molecule has 0 N–H and O–H groups in total. The number of aromatic nitrogens is 1. The topological polar surface area (TPSA) is 57.5 Å². The number of carbonyl (C=O) groups is 2. The molecule has 0 spiro atoms. The van der Waals surface area contributed by atoms with Crippen molar-refractivity contribution in [2.45, 2.75) is 58.5 Å². The van der Waals surface area contributed by atoms with Gasteiger partial charge in [-0.1, -0.05) is 6.08 Å². The van der Waals surface area contributed by atoms with Crippen molar-refractivity contribution in [2.75, 3.05) is 7.11 Å². The molecule has 1 aromatic rings. The maximum atomic E-state index is 12.5. The highest BCUT2D eigenvalue weighted by molar-refractivity contribution is 5.80. The third-order valence-electron chi connectivity index (χ3n) is 3.66. The first-order chi connectivity index (χ1) is 10.8. The molecule has 0 atom stereocenters. The van der Waals surface area contributed by atoms with Gasteiger partial charge >= 0.3 is 12.1 Å². The summed E-state index contributed by atoms with van der Waals surface area (Å²) in [7, 11) is 1.36. The number of esters is 1. The van der Waals surface area contributed by atoms with Crippen molar-refractivity contribution < 1.29 is 19.1 Å². The van der Waals surface area contributed by atoms with Crippen LogP contribution in [-0.2, 0) is 20.7 Å². The van der Waals surface area contributed by atoms with Gasteiger partial charge in [-0.15, -0.1) is 0 Å². The minimum Gasteiger partial charge on any atom is -0.469 e. The number of nitrogens with zero attached hydrogens (tertiary/aromatic N) is 1. The first-order valence-corrected chi connectivity index (χ1v) is 8.01. The van der Waals surface area contributed by atoms with E-state index in [1.165, 1.54) is 18.1 Å². The second-order valence-corrected chi connectivity index (χ2v) is 6.81. The monoisotopic (exact) mass is 319 g/mol. The Morgan fingerprint density at radius 2 is 2.00 bits per heavy atom. The Morgan fingerprint density at radius 1 is 1.26 bits per heavy atom. The minimum absolute atomic E-state index is 0.145. The van der Waals surface area contributed by atoms with Crippen LogP contribution in [0.25, 0.3) is 5.57 Å². The first kappa shape index (κ1) is 17.3. The number of methoxy groups -OCH3 is 1. The molecule has 0 saturated heterocycles. The van der Waals surface area contributed by atoms with E-state index < -0.39 is 11.7 Å². The summed E-state index contributed by atoms with van der Waals surface area (Å²) in [5.74, 6) is -0.324. The zero-order chi connectivity index (χ0) is 17.0. The highest BCUT2D eigenvalue weighted by atomic mass is 16.6. The van der Waals surface area contributed by atoms with Crippen molar-refractivity contribution >= 4 is 17.6 Å². The quantitative estimate of drug-likeness (QED) is 0.792. The Hall–Kier alpha value is -2.04. The SMILES string of the molecule is COC(=O)Cc1cc(C2=CCCCC2)n(C(=O)OC(C)(C)C)c1. The molecular weight excluding hydrogens is 294 g/mol. The van der Waals surface area contributed by atoms with Crippen molar-refractivity contribution in [3.8, 4) is 0 Å². The van der Waals surface area contributed by atoms with E-state index in [1.807, 2.05) is 26.8 Å². The first-order valence-electron chi connectivity index (χ1n) is 8.01. The molecule has 1 heterocycles. The molecule has 1 aliphatic rings. The van der Waals surface area contributed by atoms with E-state index in [2.05, 4.69) is 6.08 Å². The zero-order valence-corrected chi connectivity index (χ0v) is 14.3. The summed E-state index contributed by atoms with van der Waals surface area (Å²) in [4.78, 5) is 24.0. The minimum atomic E-state index is -0.567. The van der Waals surface area contributed by atoms with Crippen molar-refractivity contribution in [1.29, 1.82) is 0 Å². The Balaban J connectivity index is 2.35. The lowest BCUT2D eigenvalue weighted by molar-refractivity contribution is -0.139.